The van der Waals surface area contributed by atoms with Crippen molar-refractivity contribution >= 4 is 23.2 Å². The number of carbonyl (C=O) groups is 1. The van der Waals surface area contributed by atoms with Crippen LogP contribution >= 0.6 is 11.6 Å². The van der Waals surface area contributed by atoms with E-state index in [0.717, 1.165) is 43.5 Å². The minimum atomic E-state index is -0.285. The number of carbonyl (C=O) groups excluding carboxylic acids is 1. The van der Waals surface area contributed by atoms with Crippen molar-refractivity contribution in [2.75, 3.05) is 25.5 Å². The Morgan fingerprint density at radius 2 is 1.86 bits per heavy atom. The lowest BCUT2D eigenvalue weighted by molar-refractivity contribution is 0.0950. The van der Waals surface area contributed by atoms with Gasteiger partial charge in [-0.05, 0) is 78.2 Å². The second-order valence-electron chi connectivity index (χ2n) is 10.00. The molecule has 3 aromatic rings. The van der Waals surface area contributed by atoms with Crippen LogP contribution in [0.5, 0.6) is 0 Å². The Morgan fingerprint density at radius 1 is 1.16 bits per heavy atom. The molecule has 1 aliphatic rings. The minimum absolute atomic E-state index is 0.0273. The molecular weight excluding hydrogens is 490 g/mol. The van der Waals surface area contributed by atoms with Gasteiger partial charge in [0.25, 0.3) is 5.91 Å². The number of hydrogen-bond acceptors (Lipinski definition) is 6. The van der Waals surface area contributed by atoms with Gasteiger partial charge >= 0.3 is 0 Å². The van der Waals surface area contributed by atoms with Crippen LogP contribution in [0.4, 0.5) is 5.69 Å². The highest BCUT2D eigenvalue weighted by Gasteiger charge is 2.28. The molecular formula is C28H36ClN5O3. The molecule has 0 aliphatic heterocycles. The van der Waals surface area contributed by atoms with Gasteiger partial charge in [0.05, 0.1) is 6.20 Å². The average molecular weight is 526 g/mol. The molecule has 0 unspecified atom stereocenters. The van der Waals surface area contributed by atoms with Crippen LogP contribution in [-0.2, 0) is 6.54 Å². The maximum absolute atomic E-state index is 13.4. The second kappa shape index (κ2) is 11.5. The number of H-pyrrole nitrogens is 1. The number of nitrogens with one attached hydrogen (secondary N) is 2. The lowest BCUT2D eigenvalue weighted by atomic mass is 9.89. The lowest BCUT2D eigenvalue weighted by Gasteiger charge is -2.40. The first kappa shape index (κ1) is 26.9. The van der Waals surface area contributed by atoms with Crippen molar-refractivity contribution in [3.8, 4) is 11.6 Å². The number of hydrogen-bond donors (Lipinski definition) is 2. The van der Waals surface area contributed by atoms with Crippen molar-refractivity contribution in [1.82, 2.24) is 20.2 Å². The number of nitrogens with zero attached hydrogens (tertiary/aromatic N) is 3. The maximum Gasteiger partial charge on any atom is 0.251 e. The molecule has 1 aromatic carbocycles. The third kappa shape index (κ3) is 5.91. The third-order valence-electron chi connectivity index (χ3n) is 7.42. The summed E-state index contributed by atoms with van der Waals surface area (Å²) in [6, 6.07) is 6.18. The van der Waals surface area contributed by atoms with Crippen LogP contribution in [0.2, 0.25) is 5.02 Å². The summed E-state index contributed by atoms with van der Waals surface area (Å²) in [4.78, 5) is 38.2. The van der Waals surface area contributed by atoms with E-state index in [1.165, 1.54) is 18.5 Å². The summed E-state index contributed by atoms with van der Waals surface area (Å²) in [6.45, 7) is 6.76. The van der Waals surface area contributed by atoms with E-state index in [0.29, 0.717) is 45.5 Å². The summed E-state index contributed by atoms with van der Waals surface area (Å²) in [7, 11) is 4.29. The highest BCUT2D eigenvalue weighted by atomic mass is 35.5. The van der Waals surface area contributed by atoms with Crippen molar-refractivity contribution in [3.63, 3.8) is 0 Å². The van der Waals surface area contributed by atoms with Crippen LogP contribution in [0.3, 0.4) is 0 Å². The Balaban J connectivity index is 1.57. The molecule has 2 heterocycles. The Morgan fingerprint density at radius 3 is 2.49 bits per heavy atom. The SMILES string of the molecule is CCN(c1cc(Cl)cc(C(=O)NCc2c(-c3ncco3)[nH]c(C)cc2=O)c1C)C1CCC(N(C)C)CC1. The molecule has 1 saturated carbocycles. The number of rotatable bonds is 8. The first-order valence-corrected chi connectivity index (χ1v) is 13.2. The highest BCUT2D eigenvalue weighted by molar-refractivity contribution is 6.31. The quantitative estimate of drug-likeness (QED) is 0.433. The van der Waals surface area contributed by atoms with Crippen molar-refractivity contribution in [1.29, 1.82) is 0 Å². The monoisotopic (exact) mass is 525 g/mol. The minimum Gasteiger partial charge on any atom is -0.443 e. The van der Waals surface area contributed by atoms with Gasteiger partial charge in [-0.3, -0.25) is 9.59 Å². The Hall–Kier alpha value is -3.10. The number of amides is 1. The number of aromatic amines is 1. The molecule has 37 heavy (non-hydrogen) atoms. The van der Waals surface area contributed by atoms with Gasteiger partial charge in [0.1, 0.15) is 12.0 Å². The summed E-state index contributed by atoms with van der Waals surface area (Å²) >= 11 is 6.53. The normalized spacial score (nSPS) is 17.7. The standard InChI is InChI=1S/C28H36ClN5O3/c1-6-34(21-9-7-20(8-10-21)33(4)5)24-15-19(29)14-22(18(24)3)27(36)31-16-23-25(35)13-17(2)32-26(23)28-30-11-12-37-28/h11-15,20-21H,6-10,16H2,1-5H3,(H,31,36)(H,32,35). The van der Waals surface area contributed by atoms with Gasteiger partial charge in [-0.2, -0.15) is 0 Å². The fraction of sp³-hybridized carbons (Fsp3) is 0.464. The topological polar surface area (TPSA) is 94.5 Å². The molecule has 198 valence electrons. The fourth-order valence-corrected chi connectivity index (χ4v) is 5.61. The summed E-state index contributed by atoms with van der Waals surface area (Å²) in [6.07, 6.45) is 7.47. The van der Waals surface area contributed by atoms with Crippen molar-refractivity contribution in [2.45, 2.75) is 65.1 Å². The molecule has 0 saturated heterocycles. The first-order valence-electron chi connectivity index (χ1n) is 12.8. The highest BCUT2D eigenvalue weighted by Crippen LogP contribution is 2.34. The van der Waals surface area contributed by atoms with Gasteiger partial charge in [0.2, 0.25) is 5.89 Å². The second-order valence-corrected chi connectivity index (χ2v) is 10.4. The van der Waals surface area contributed by atoms with Gasteiger partial charge in [-0.25, -0.2) is 4.98 Å². The molecule has 2 N–H and O–H groups in total. The number of anilines is 1. The smallest absolute Gasteiger partial charge is 0.251 e. The molecule has 1 aliphatic carbocycles. The van der Waals surface area contributed by atoms with Gasteiger partial charge in [0.15, 0.2) is 5.43 Å². The van der Waals surface area contributed by atoms with Crippen LogP contribution in [0.15, 0.2) is 39.9 Å². The summed E-state index contributed by atoms with van der Waals surface area (Å²) in [5.41, 5.74) is 3.70. The average Bonchev–Trinajstić information content (AvgIpc) is 3.40. The summed E-state index contributed by atoms with van der Waals surface area (Å²) in [5, 5.41) is 3.43. The largest absolute Gasteiger partial charge is 0.443 e. The Kier molecular flexibility index (Phi) is 8.39. The van der Waals surface area contributed by atoms with Gasteiger partial charge in [-0.1, -0.05) is 11.6 Å². The van der Waals surface area contributed by atoms with E-state index in [9.17, 15) is 9.59 Å². The number of halogens is 1. The molecule has 8 nitrogen and oxygen atoms in total. The van der Waals surface area contributed by atoms with E-state index in [1.807, 2.05) is 13.0 Å². The number of benzene rings is 1. The molecule has 0 atom stereocenters. The molecule has 0 bridgehead atoms. The fourth-order valence-electron chi connectivity index (χ4n) is 5.39. The maximum atomic E-state index is 13.4. The van der Waals surface area contributed by atoms with Crippen molar-refractivity contribution in [2.24, 2.45) is 0 Å². The van der Waals surface area contributed by atoms with E-state index in [2.05, 4.69) is 46.1 Å². The Bertz CT molecular complexity index is 1290. The molecule has 0 radical (unpaired) electrons. The zero-order chi connectivity index (χ0) is 26.7. The van der Waals surface area contributed by atoms with Gasteiger partial charge < -0.3 is 24.5 Å². The summed E-state index contributed by atoms with van der Waals surface area (Å²) in [5.74, 6) is 0.0146. The van der Waals surface area contributed by atoms with Crippen LogP contribution in [0.1, 0.15) is 59.8 Å². The molecule has 1 fully saturated rings. The van der Waals surface area contributed by atoms with Crippen LogP contribution in [-0.4, -0.2) is 53.5 Å². The van der Waals surface area contributed by atoms with Crippen molar-refractivity contribution < 1.29 is 9.21 Å². The molecule has 1 amide bonds. The van der Waals surface area contributed by atoms with E-state index in [1.54, 1.807) is 13.0 Å². The molecule has 0 spiro atoms. The molecule has 9 heteroatoms. The lowest BCUT2D eigenvalue weighted by Crippen LogP contribution is -2.42. The van der Waals surface area contributed by atoms with Crippen LogP contribution in [0.25, 0.3) is 11.6 Å². The van der Waals surface area contributed by atoms with Crippen molar-refractivity contribution in [3.05, 3.63) is 68.3 Å². The van der Waals surface area contributed by atoms with Gasteiger partial charge in [0, 0.05) is 58.8 Å². The van der Waals surface area contributed by atoms with Crippen LogP contribution < -0.4 is 15.6 Å². The molecule has 2 aromatic heterocycles. The van der Waals surface area contributed by atoms with E-state index >= 15 is 0 Å². The molecule has 4 rings (SSSR count). The zero-order valence-corrected chi connectivity index (χ0v) is 23.0. The predicted molar refractivity (Wildman–Crippen MR) is 147 cm³/mol. The number of aryl methyl sites for hydroxylation is 1. The van der Waals surface area contributed by atoms with E-state index < -0.39 is 0 Å². The number of pyridine rings is 1. The van der Waals surface area contributed by atoms with Gasteiger partial charge in [-0.15, -0.1) is 0 Å². The van der Waals surface area contributed by atoms with Crippen LogP contribution in [0, 0.1) is 13.8 Å². The summed E-state index contributed by atoms with van der Waals surface area (Å²) < 4.78 is 5.41. The zero-order valence-electron chi connectivity index (χ0n) is 22.2. The third-order valence-corrected chi connectivity index (χ3v) is 7.64. The predicted octanol–water partition coefficient (Wildman–Crippen LogP) is 4.93. The number of aromatic nitrogens is 2. The van der Waals surface area contributed by atoms with E-state index in [4.69, 9.17) is 16.0 Å². The number of oxazole rings is 1. The Labute approximate surface area is 223 Å². The van der Waals surface area contributed by atoms with E-state index in [-0.39, 0.29) is 17.9 Å². The first-order chi connectivity index (χ1) is 17.7.